The maximum absolute atomic E-state index is 13.1. The van der Waals surface area contributed by atoms with Crippen molar-refractivity contribution < 1.29 is 4.79 Å². The van der Waals surface area contributed by atoms with Gasteiger partial charge in [-0.1, -0.05) is 39.0 Å². The zero-order chi connectivity index (χ0) is 18.7. The third-order valence-corrected chi connectivity index (χ3v) is 7.63. The first-order valence-electron chi connectivity index (χ1n) is 9.77. The average molecular weight is 371 g/mol. The largest absolute Gasteiger partial charge is 0.346 e. The Morgan fingerprint density at radius 3 is 2.54 bits per heavy atom. The molecule has 3 fully saturated rings. The van der Waals surface area contributed by atoms with Crippen molar-refractivity contribution in [2.45, 2.75) is 64.5 Å². The lowest BCUT2D eigenvalue weighted by Crippen LogP contribution is -2.69. The average Bonchev–Trinajstić information content (AvgIpc) is 3.01. The van der Waals surface area contributed by atoms with Crippen LogP contribution >= 0.6 is 11.3 Å². The van der Waals surface area contributed by atoms with Crippen molar-refractivity contribution in [2.24, 2.45) is 5.92 Å². The highest BCUT2D eigenvalue weighted by Crippen LogP contribution is 2.40. The minimum atomic E-state index is 0.0457. The summed E-state index contributed by atoms with van der Waals surface area (Å²) < 4.78 is 1.25. The molecule has 4 heteroatoms. The molecule has 0 saturated carbocycles. The molecule has 1 atom stereocenters. The number of nitrogens with one attached hydrogen (secondary N) is 1. The summed E-state index contributed by atoms with van der Waals surface area (Å²) in [5, 5.41) is 4.59. The van der Waals surface area contributed by atoms with E-state index in [1.54, 1.807) is 11.3 Å². The van der Waals surface area contributed by atoms with Crippen molar-refractivity contribution >= 4 is 27.3 Å². The summed E-state index contributed by atoms with van der Waals surface area (Å²) in [7, 11) is 0. The van der Waals surface area contributed by atoms with Gasteiger partial charge >= 0.3 is 0 Å². The molecular formula is C22H30N2OS. The molecule has 5 rings (SSSR count). The van der Waals surface area contributed by atoms with Gasteiger partial charge < -0.3 is 5.32 Å². The Balaban J connectivity index is 1.63. The molecule has 26 heavy (non-hydrogen) atoms. The van der Waals surface area contributed by atoms with Crippen molar-refractivity contribution in [3.63, 3.8) is 0 Å². The number of amides is 1. The van der Waals surface area contributed by atoms with Crippen molar-refractivity contribution in [1.29, 1.82) is 0 Å². The highest BCUT2D eigenvalue weighted by Gasteiger charge is 2.48. The van der Waals surface area contributed by atoms with E-state index in [0.29, 0.717) is 5.92 Å². The molecule has 1 amide bonds. The molecule has 3 nitrogen and oxygen atoms in total. The van der Waals surface area contributed by atoms with Gasteiger partial charge in [0.15, 0.2) is 0 Å². The Hall–Kier alpha value is -1.39. The quantitative estimate of drug-likeness (QED) is 0.823. The molecule has 3 aliphatic heterocycles. The number of rotatable bonds is 2. The zero-order valence-corrected chi connectivity index (χ0v) is 17.4. The second-order valence-corrected chi connectivity index (χ2v) is 10.6. The monoisotopic (exact) mass is 370 g/mol. The Morgan fingerprint density at radius 2 is 1.92 bits per heavy atom. The van der Waals surface area contributed by atoms with E-state index in [1.165, 1.54) is 41.6 Å². The summed E-state index contributed by atoms with van der Waals surface area (Å²) >= 11 is 1.64. The molecule has 4 heterocycles. The molecule has 3 aliphatic rings. The fourth-order valence-electron chi connectivity index (χ4n) is 4.86. The standard InChI is InChI=1S/C22H30N2OS/c1-21(2,3)16-8-6-7-15-13-17(26-18(15)16)20(25)23-19-14-9-11-24(12-10-14)22(19,4)5/h6-8,13-14,19H,9-12H2,1-5H3,(H,23,25). The van der Waals surface area contributed by atoms with E-state index in [4.69, 9.17) is 0 Å². The maximum Gasteiger partial charge on any atom is 0.261 e. The molecule has 1 aromatic carbocycles. The maximum atomic E-state index is 13.1. The smallest absolute Gasteiger partial charge is 0.261 e. The number of nitrogens with zero attached hydrogens (tertiary/aromatic N) is 1. The lowest BCUT2D eigenvalue weighted by Gasteiger charge is -2.56. The van der Waals surface area contributed by atoms with Gasteiger partial charge in [0, 0.05) is 16.3 Å². The van der Waals surface area contributed by atoms with Gasteiger partial charge in [-0.2, -0.15) is 0 Å². The minimum absolute atomic E-state index is 0.0457. The number of hydrogen-bond acceptors (Lipinski definition) is 3. The van der Waals surface area contributed by atoms with Gasteiger partial charge in [0.2, 0.25) is 0 Å². The van der Waals surface area contributed by atoms with Crippen LogP contribution in [0.25, 0.3) is 10.1 Å². The van der Waals surface area contributed by atoms with Gasteiger partial charge in [-0.25, -0.2) is 0 Å². The van der Waals surface area contributed by atoms with Gasteiger partial charge in [-0.3, -0.25) is 9.69 Å². The van der Waals surface area contributed by atoms with Crippen molar-refractivity contribution in [2.75, 3.05) is 13.1 Å². The first kappa shape index (κ1) is 18.0. The van der Waals surface area contributed by atoms with Gasteiger partial charge in [0.1, 0.15) is 0 Å². The molecule has 3 saturated heterocycles. The molecule has 2 bridgehead atoms. The van der Waals surface area contributed by atoms with Crippen LogP contribution in [0.1, 0.15) is 62.7 Å². The van der Waals surface area contributed by atoms with E-state index in [9.17, 15) is 4.79 Å². The predicted octanol–water partition coefficient (Wildman–Crippen LogP) is 4.80. The van der Waals surface area contributed by atoms with Gasteiger partial charge in [-0.05, 0) is 68.1 Å². The number of carbonyl (C=O) groups is 1. The molecule has 2 aromatic rings. The zero-order valence-electron chi connectivity index (χ0n) is 16.6. The highest BCUT2D eigenvalue weighted by atomic mass is 32.1. The van der Waals surface area contributed by atoms with Crippen molar-refractivity contribution in [3.05, 3.63) is 34.7 Å². The summed E-state index contributed by atoms with van der Waals surface area (Å²) in [6.07, 6.45) is 2.41. The first-order chi connectivity index (χ1) is 12.2. The van der Waals surface area contributed by atoms with E-state index in [2.05, 4.69) is 69.1 Å². The van der Waals surface area contributed by atoms with Gasteiger partial charge in [-0.15, -0.1) is 11.3 Å². The van der Waals surface area contributed by atoms with Crippen molar-refractivity contribution in [3.8, 4) is 0 Å². The summed E-state index contributed by atoms with van der Waals surface area (Å²) in [6.45, 7) is 13.6. The SMILES string of the molecule is CC(C)(C)c1cccc2cc(C(=O)NC3C4CCN(CC4)C3(C)C)sc12. The Bertz CT molecular complexity index is 837. The fourth-order valence-corrected chi connectivity index (χ4v) is 6.14. The first-order valence-corrected chi connectivity index (χ1v) is 10.6. The normalized spacial score (nSPS) is 27.7. The third kappa shape index (κ3) is 2.87. The number of piperidine rings is 3. The molecular weight excluding hydrogens is 340 g/mol. The number of fused-ring (bicyclic) bond motifs is 4. The molecule has 1 unspecified atom stereocenters. The summed E-state index contributed by atoms with van der Waals surface area (Å²) in [6, 6.07) is 8.73. The number of hydrogen-bond donors (Lipinski definition) is 1. The molecule has 1 aromatic heterocycles. The van der Waals surface area contributed by atoms with Crippen LogP contribution in [-0.2, 0) is 5.41 Å². The van der Waals surface area contributed by atoms with Crippen molar-refractivity contribution in [1.82, 2.24) is 10.2 Å². The van der Waals surface area contributed by atoms with E-state index in [1.807, 2.05) is 0 Å². The van der Waals surface area contributed by atoms with E-state index >= 15 is 0 Å². The van der Waals surface area contributed by atoms with Gasteiger partial charge in [0.25, 0.3) is 5.91 Å². The van der Waals surface area contributed by atoms with Crippen LogP contribution in [0.5, 0.6) is 0 Å². The van der Waals surface area contributed by atoms with Crippen LogP contribution in [0, 0.1) is 5.92 Å². The second-order valence-electron chi connectivity index (χ2n) is 9.51. The summed E-state index contributed by atoms with van der Waals surface area (Å²) in [4.78, 5) is 16.5. The Morgan fingerprint density at radius 1 is 1.23 bits per heavy atom. The van der Waals surface area contributed by atoms with Crippen LogP contribution in [0.15, 0.2) is 24.3 Å². The lowest BCUT2D eigenvalue weighted by molar-refractivity contribution is -0.0377. The van der Waals surface area contributed by atoms with Crippen LogP contribution in [-0.4, -0.2) is 35.5 Å². The van der Waals surface area contributed by atoms with Crippen LogP contribution < -0.4 is 5.32 Å². The molecule has 1 N–H and O–H groups in total. The lowest BCUT2D eigenvalue weighted by atomic mass is 9.72. The van der Waals surface area contributed by atoms with Crippen LogP contribution in [0.3, 0.4) is 0 Å². The molecule has 0 aliphatic carbocycles. The minimum Gasteiger partial charge on any atom is -0.346 e. The Labute approximate surface area is 160 Å². The summed E-state index contributed by atoms with van der Waals surface area (Å²) in [5.41, 5.74) is 1.45. The Kier molecular flexibility index (Phi) is 4.20. The van der Waals surface area contributed by atoms with E-state index in [-0.39, 0.29) is 22.9 Å². The molecule has 0 radical (unpaired) electrons. The number of benzene rings is 1. The van der Waals surface area contributed by atoms with Crippen LogP contribution in [0.2, 0.25) is 0 Å². The molecule has 0 spiro atoms. The predicted molar refractivity (Wildman–Crippen MR) is 110 cm³/mol. The van der Waals surface area contributed by atoms with Gasteiger partial charge in [0.05, 0.1) is 4.88 Å². The fraction of sp³-hybridized carbons (Fsp3) is 0.591. The highest BCUT2D eigenvalue weighted by molar-refractivity contribution is 7.21. The number of carbonyl (C=O) groups excluding carboxylic acids is 1. The summed E-state index contributed by atoms with van der Waals surface area (Å²) in [5.74, 6) is 0.705. The van der Waals surface area contributed by atoms with Crippen LogP contribution in [0.4, 0.5) is 0 Å². The number of thiophene rings is 1. The van der Waals surface area contributed by atoms with E-state index in [0.717, 1.165) is 4.88 Å². The third-order valence-electron chi connectivity index (χ3n) is 6.45. The topological polar surface area (TPSA) is 32.3 Å². The second kappa shape index (κ2) is 6.07. The van der Waals surface area contributed by atoms with E-state index < -0.39 is 0 Å². The molecule has 140 valence electrons.